The van der Waals surface area contributed by atoms with Crippen molar-refractivity contribution in [2.75, 3.05) is 0 Å². The van der Waals surface area contributed by atoms with Gasteiger partial charge in [-0.05, 0) is 63.2 Å². The van der Waals surface area contributed by atoms with Crippen LogP contribution in [-0.2, 0) is 4.43 Å². The van der Waals surface area contributed by atoms with Crippen molar-refractivity contribution < 1.29 is 4.43 Å². The molecule has 0 aliphatic heterocycles. The van der Waals surface area contributed by atoms with Gasteiger partial charge in [0.05, 0.1) is 0 Å². The number of fused-ring (bicyclic) bond motifs is 1. The molecule has 0 spiro atoms. The van der Waals surface area contributed by atoms with E-state index in [-0.39, 0.29) is 0 Å². The summed E-state index contributed by atoms with van der Waals surface area (Å²) < 4.78 is 6.27. The fourth-order valence-electron chi connectivity index (χ4n) is 3.33. The Morgan fingerprint density at radius 2 is 1.70 bits per heavy atom. The molecule has 23 heavy (non-hydrogen) atoms. The van der Waals surface area contributed by atoms with Crippen LogP contribution in [0.4, 0.5) is 0 Å². The smallest absolute Gasteiger partial charge is 0.188 e. The molecule has 0 bridgehead atoms. The fraction of sp³-hybridized carbons (Fsp3) is 0.429. The fourth-order valence-corrected chi connectivity index (χ4v) is 6.11. The van der Waals surface area contributed by atoms with E-state index in [1.807, 2.05) is 0 Å². The molecule has 1 nitrogen and oxygen atoms in total. The molecular formula is C21H30OSi. The van der Waals surface area contributed by atoms with Crippen LogP contribution in [-0.4, -0.2) is 14.4 Å². The van der Waals surface area contributed by atoms with Crippen LogP contribution in [0.5, 0.6) is 0 Å². The van der Waals surface area contributed by atoms with Gasteiger partial charge in [0.1, 0.15) is 0 Å². The third-order valence-electron chi connectivity index (χ3n) is 4.00. The minimum absolute atomic E-state index is 0.306. The lowest BCUT2D eigenvalue weighted by atomic mass is 9.96. The lowest BCUT2D eigenvalue weighted by Crippen LogP contribution is -2.34. The highest BCUT2D eigenvalue weighted by molar-refractivity contribution is 6.71. The SMILES string of the molecule is CC(C)=CC(C[Si](C)(C)OC(C)C)c1ccc2ccccc2c1. The molecule has 0 saturated carbocycles. The summed E-state index contributed by atoms with van der Waals surface area (Å²) in [4.78, 5) is 0. The molecule has 2 aromatic carbocycles. The highest BCUT2D eigenvalue weighted by Gasteiger charge is 2.28. The van der Waals surface area contributed by atoms with Gasteiger partial charge in [0.15, 0.2) is 8.32 Å². The summed E-state index contributed by atoms with van der Waals surface area (Å²) in [5.74, 6) is 0.435. The Morgan fingerprint density at radius 3 is 2.30 bits per heavy atom. The summed E-state index contributed by atoms with van der Waals surface area (Å²) in [5, 5.41) is 2.63. The molecule has 2 aromatic rings. The van der Waals surface area contributed by atoms with E-state index in [1.165, 1.54) is 21.9 Å². The average Bonchev–Trinajstić information content (AvgIpc) is 2.44. The van der Waals surface area contributed by atoms with Gasteiger partial charge >= 0.3 is 0 Å². The van der Waals surface area contributed by atoms with Crippen LogP contribution in [0.1, 0.15) is 39.2 Å². The van der Waals surface area contributed by atoms with Gasteiger partial charge in [0, 0.05) is 12.0 Å². The lowest BCUT2D eigenvalue weighted by Gasteiger charge is -2.29. The number of hydrogen-bond acceptors (Lipinski definition) is 1. The van der Waals surface area contributed by atoms with Crippen LogP contribution in [0, 0.1) is 0 Å². The van der Waals surface area contributed by atoms with Crippen LogP contribution in [0.25, 0.3) is 10.8 Å². The molecule has 2 heteroatoms. The van der Waals surface area contributed by atoms with Crippen molar-refractivity contribution in [2.24, 2.45) is 0 Å². The average molecular weight is 327 g/mol. The van der Waals surface area contributed by atoms with Gasteiger partial charge in [-0.2, -0.15) is 0 Å². The molecule has 1 atom stereocenters. The standard InChI is InChI=1S/C21H30OSi/c1-16(2)13-21(15-23(5,6)22-17(3)4)20-12-11-18-9-7-8-10-19(18)14-20/h7-14,17,21H,15H2,1-6H3. The van der Waals surface area contributed by atoms with E-state index >= 15 is 0 Å². The maximum atomic E-state index is 6.27. The summed E-state index contributed by atoms with van der Waals surface area (Å²) >= 11 is 0. The minimum Gasteiger partial charge on any atom is -0.415 e. The Kier molecular flexibility index (Phi) is 5.82. The quantitative estimate of drug-likeness (QED) is 0.434. The molecule has 124 valence electrons. The largest absolute Gasteiger partial charge is 0.415 e. The molecular weight excluding hydrogens is 296 g/mol. The highest BCUT2D eigenvalue weighted by atomic mass is 28.4. The van der Waals surface area contributed by atoms with Crippen molar-refractivity contribution in [2.45, 2.75) is 58.9 Å². The Morgan fingerprint density at radius 1 is 1.04 bits per heavy atom. The van der Waals surface area contributed by atoms with Crippen LogP contribution in [0.15, 0.2) is 54.1 Å². The van der Waals surface area contributed by atoms with E-state index in [1.54, 1.807) is 0 Å². The van der Waals surface area contributed by atoms with Gasteiger partial charge in [0.25, 0.3) is 0 Å². The minimum atomic E-state index is -1.69. The molecule has 0 amide bonds. The zero-order chi connectivity index (χ0) is 17.0. The number of rotatable bonds is 6. The molecule has 0 radical (unpaired) electrons. The van der Waals surface area contributed by atoms with Gasteiger partial charge in [-0.1, -0.05) is 54.1 Å². The van der Waals surface area contributed by atoms with Crippen molar-refractivity contribution in [3.8, 4) is 0 Å². The second-order valence-electron chi connectivity index (χ2n) is 7.59. The maximum Gasteiger partial charge on any atom is 0.188 e. The predicted octanol–water partition coefficient (Wildman–Crippen LogP) is 6.52. The Bertz CT molecular complexity index is 681. The van der Waals surface area contributed by atoms with Gasteiger partial charge in [0.2, 0.25) is 0 Å². The topological polar surface area (TPSA) is 9.23 Å². The Labute approximate surface area is 142 Å². The second-order valence-corrected chi connectivity index (χ2v) is 11.8. The summed E-state index contributed by atoms with van der Waals surface area (Å²) in [6.45, 7) is 13.3. The molecule has 0 fully saturated rings. The first-order chi connectivity index (χ1) is 10.8. The zero-order valence-electron chi connectivity index (χ0n) is 15.4. The first-order valence-corrected chi connectivity index (χ1v) is 11.7. The van der Waals surface area contributed by atoms with Crippen molar-refractivity contribution in [3.63, 3.8) is 0 Å². The van der Waals surface area contributed by atoms with E-state index in [0.29, 0.717) is 12.0 Å². The third-order valence-corrected chi connectivity index (χ3v) is 6.53. The van der Waals surface area contributed by atoms with Crippen LogP contribution in [0.2, 0.25) is 19.1 Å². The van der Waals surface area contributed by atoms with Gasteiger partial charge in [-0.15, -0.1) is 0 Å². The van der Waals surface area contributed by atoms with Crippen molar-refractivity contribution in [1.29, 1.82) is 0 Å². The first kappa shape index (κ1) is 18.0. The number of benzene rings is 2. The second kappa shape index (κ2) is 7.46. The lowest BCUT2D eigenvalue weighted by molar-refractivity contribution is 0.230. The van der Waals surface area contributed by atoms with Crippen LogP contribution < -0.4 is 0 Å². The highest BCUT2D eigenvalue weighted by Crippen LogP contribution is 2.32. The van der Waals surface area contributed by atoms with Crippen LogP contribution >= 0.6 is 0 Å². The number of allylic oxidation sites excluding steroid dienone is 2. The summed E-state index contributed by atoms with van der Waals surface area (Å²) in [5.41, 5.74) is 2.77. The molecule has 0 aliphatic carbocycles. The van der Waals surface area contributed by atoms with E-state index < -0.39 is 8.32 Å². The Hall–Kier alpha value is -1.38. The summed E-state index contributed by atoms with van der Waals surface area (Å²) in [7, 11) is -1.69. The summed E-state index contributed by atoms with van der Waals surface area (Å²) in [6, 6.07) is 16.6. The summed E-state index contributed by atoms with van der Waals surface area (Å²) in [6.07, 6.45) is 2.71. The van der Waals surface area contributed by atoms with E-state index in [2.05, 4.69) is 89.3 Å². The van der Waals surface area contributed by atoms with E-state index in [4.69, 9.17) is 4.43 Å². The molecule has 0 N–H and O–H groups in total. The molecule has 2 rings (SSSR count). The van der Waals surface area contributed by atoms with Crippen molar-refractivity contribution in [3.05, 3.63) is 59.7 Å². The normalized spacial score (nSPS) is 13.3. The first-order valence-electron chi connectivity index (χ1n) is 8.58. The van der Waals surface area contributed by atoms with Crippen molar-refractivity contribution >= 4 is 19.1 Å². The molecule has 0 saturated heterocycles. The van der Waals surface area contributed by atoms with Gasteiger partial charge in [-0.25, -0.2) is 0 Å². The Balaban J connectivity index is 2.35. The molecule has 0 aromatic heterocycles. The zero-order valence-corrected chi connectivity index (χ0v) is 16.4. The predicted molar refractivity (Wildman–Crippen MR) is 105 cm³/mol. The number of hydrogen-bond donors (Lipinski definition) is 0. The third kappa shape index (κ3) is 5.33. The molecule has 0 heterocycles. The van der Waals surface area contributed by atoms with Crippen LogP contribution in [0.3, 0.4) is 0 Å². The van der Waals surface area contributed by atoms with Crippen molar-refractivity contribution in [1.82, 2.24) is 0 Å². The van der Waals surface area contributed by atoms with E-state index in [9.17, 15) is 0 Å². The van der Waals surface area contributed by atoms with Gasteiger partial charge in [-0.3, -0.25) is 0 Å². The maximum absolute atomic E-state index is 6.27. The van der Waals surface area contributed by atoms with Gasteiger partial charge < -0.3 is 4.43 Å². The molecule has 0 aliphatic rings. The monoisotopic (exact) mass is 326 g/mol. The molecule has 1 unspecified atom stereocenters. The van der Waals surface area contributed by atoms with E-state index in [0.717, 1.165) is 6.04 Å².